The maximum absolute atomic E-state index is 11.8. The first-order valence-corrected chi connectivity index (χ1v) is 7.83. The van der Waals surface area contributed by atoms with Crippen molar-refractivity contribution in [3.05, 3.63) is 28.2 Å². The van der Waals surface area contributed by atoms with Gasteiger partial charge in [-0.05, 0) is 43.9 Å². The van der Waals surface area contributed by atoms with E-state index in [9.17, 15) is 4.79 Å². The molecule has 1 aromatic carbocycles. The summed E-state index contributed by atoms with van der Waals surface area (Å²) in [6, 6.07) is 6.48. The molecule has 0 aromatic heterocycles. The highest BCUT2D eigenvalue weighted by Crippen LogP contribution is 2.33. The Kier molecular flexibility index (Phi) is 4.67. The largest absolute Gasteiger partial charge is 0.371 e. The molecule has 2 rings (SSSR count). The van der Waals surface area contributed by atoms with E-state index in [1.165, 1.54) is 25.7 Å². The van der Waals surface area contributed by atoms with Crippen LogP contribution in [0, 0.1) is 5.92 Å². The van der Waals surface area contributed by atoms with E-state index in [-0.39, 0.29) is 5.78 Å². The lowest BCUT2D eigenvalue weighted by molar-refractivity contribution is 0.101. The van der Waals surface area contributed by atoms with E-state index in [1.54, 1.807) is 6.92 Å². The molecule has 2 unspecified atom stereocenters. The fourth-order valence-corrected chi connectivity index (χ4v) is 3.49. The minimum Gasteiger partial charge on any atom is -0.371 e. The van der Waals surface area contributed by atoms with Crippen LogP contribution >= 0.6 is 15.9 Å². The van der Waals surface area contributed by atoms with Gasteiger partial charge in [-0.3, -0.25) is 4.79 Å². The average molecular weight is 324 g/mol. The number of anilines is 1. The molecular formula is C16H22BrNO. The molecule has 0 N–H and O–H groups in total. The standard InChI is InChI=1S/C16H22BrNO/c1-11-6-4-5-7-15(11)18(3)16-10-13(17)8-9-14(16)12(2)19/h8-11,15H,4-7H2,1-3H3. The molecule has 0 saturated heterocycles. The highest BCUT2D eigenvalue weighted by Gasteiger charge is 2.26. The number of hydrogen-bond donors (Lipinski definition) is 0. The van der Waals surface area contributed by atoms with Gasteiger partial charge in [-0.25, -0.2) is 0 Å². The number of benzene rings is 1. The third-order valence-corrected chi connectivity index (χ3v) is 4.78. The summed E-state index contributed by atoms with van der Waals surface area (Å²) in [4.78, 5) is 14.1. The topological polar surface area (TPSA) is 20.3 Å². The molecule has 104 valence electrons. The molecular weight excluding hydrogens is 302 g/mol. The van der Waals surface area contributed by atoms with Crippen LogP contribution in [0.4, 0.5) is 5.69 Å². The monoisotopic (exact) mass is 323 g/mol. The first-order chi connectivity index (χ1) is 9.00. The molecule has 2 atom stereocenters. The van der Waals surface area contributed by atoms with Crippen molar-refractivity contribution in [2.75, 3.05) is 11.9 Å². The van der Waals surface area contributed by atoms with Crippen LogP contribution in [0.1, 0.15) is 49.9 Å². The zero-order valence-corrected chi connectivity index (χ0v) is 13.5. The van der Waals surface area contributed by atoms with E-state index >= 15 is 0 Å². The molecule has 1 saturated carbocycles. The van der Waals surface area contributed by atoms with Gasteiger partial charge in [-0.1, -0.05) is 35.7 Å². The van der Waals surface area contributed by atoms with E-state index in [2.05, 4.69) is 40.9 Å². The smallest absolute Gasteiger partial charge is 0.161 e. The molecule has 1 aliphatic rings. The lowest BCUT2D eigenvalue weighted by Crippen LogP contribution is -2.39. The van der Waals surface area contributed by atoms with E-state index < -0.39 is 0 Å². The minimum atomic E-state index is 0.137. The fraction of sp³-hybridized carbons (Fsp3) is 0.562. The van der Waals surface area contributed by atoms with Crippen LogP contribution < -0.4 is 4.90 Å². The lowest BCUT2D eigenvalue weighted by atomic mass is 9.84. The zero-order valence-electron chi connectivity index (χ0n) is 11.9. The Labute approximate surface area is 124 Å². The molecule has 1 aromatic rings. The molecule has 19 heavy (non-hydrogen) atoms. The van der Waals surface area contributed by atoms with E-state index in [1.807, 2.05) is 12.1 Å². The second kappa shape index (κ2) is 6.08. The number of Topliss-reactive ketones (excluding diaryl/α,β-unsaturated/α-hetero) is 1. The summed E-state index contributed by atoms with van der Waals surface area (Å²) in [6.45, 7) is 3.97. The molecule has 1 aliphatic carbocycles. The number of halogens is 1. The Balaban J connectivity index is 2.34. The van der Waals surface area contributed by atoms with Gasteiger partial charge in [-0.15, -0.1) is 0 Å². The SMILES string of the molecule is CC(=O)c1ccc(Br)cc1N(C)C1CCCCC1C. The van der Waals surface area contributed by atoms with E-state index in [0.29, 0.717) is 12.0 Å². The molecule has 0 amide bonds. The van der Waals surface area contributed by atoms with Gasteiger partial charge in [0.25, 0.3) is 0 Å². The number of ketones is 1. The normalized spacial score (nSPS) is 23.2. The number of nitrogens with zero attached hydrogens (tertiary/aromatic N) is 1. The third kappa shape index (κ3) is 3.19. The Bertz CT molecular complexity index is 472. The van der Waals surface area contributed by atoms with Crippen LogP contribution in [0.15, 0.2) is 22.7 Å². The van der Waals surface area contributed by atoms with Crippen molar-refractivity contribution in [2.24, 2.45) is 5.92 Å². The second-order valence-electron chi connectivity index (χ2n) is 5.66. The summed E-state index contributed by atoms with van der Waals surface area (Å²) in [5.74, 6) is 0.829. The number of carbonyl (C=O) groups is 1. The molecule has 3 heteroatoms. The van der Waals surface area contributed by atoms with Crippen LogP contribution in [0.5, 0.6) is 0 Å². The quantitative estimate of drug-likeness (QED) is 0.753. The maximum atomic E-state index is 11.8. The first kappa shape index (κ1) is 14.6. The highest BCUT2D eigenvalue weighted by molar-refractivity contribution is 9.10. The van der Waals surface area contributed by atoms with Gasteiger partial charge < -0.3 is 4.90 Å². The molecule has 2 nitrogen and oxygen atoms in total. The number of hydrogen-bond acceptors (Lipinski definition) is 2. The summed E-state index contributed by atoms with van der Waals surface area (Å²) in [6.07, 6.45) is 5.15. The second-order valence-corrected chi connectivity index (χ2v) is 6.57. The van der Waals surface area contributed by atoms with Crippen LogP contribution in [-0.4, -0.2) is 18.9 Å². The van der Waals surface area contributed by atoms with Crippen molar-refractivity contribution in [1.82, 2.24) is 0 Å². The van der Waals surface area contributed by atoms with Gasteiger partial charge in [0.05, 0.1) is 0 Å². The van der Waals surface area contributed by atoms with Gasteiger partial charge in [0, 0.05) is 28.8 Å². The van der Waals surface area contributed by atoms with E-state index in [4.69, 9.17) is 0 Å². The van der Waals surface area contributed by atoms with Crippen molar-refractivity contribution in [1.29, 1.82) is 0 Å². The molecule has 1 fully saturated rings. The lowest BCUT2D eigenvalue weighted by Gasteiger charge is -2.38. The molecule has 0 heterocycles. The number of rotatable bonds is 3. The summed E-state index contributed by atoms with van der Waals surface area (Å²) in [7, 11) is 2.13. The van der Waals surface area contributed by atoms with E-state index in [0.717, 1.165) is 15.7 Å². The maximum Gasteiger partial charge on any atom is 0.161 e. The molecule has 0 spiro atoms. The Hall–Kier alpha value is -0.830. The zero-order chi connectivity index (χ0) is 14.0. The van der Waals surface area contributed by atoms with Gasteiger partial charge >= 0.3 is 0 Å². The Morgan fingerprint density at radius 1 is 1.32 bits per heavy atom. The first-order valence-electron chi connectivity index (χ1n) is 7.04. The molecule has 0 bridgehead atoms. The highest BCUT2D eigenvalue weighted by atomic mass is 79.9. The Morgan fingerprint density at radius 2 is 2.00 bits per heavy atom. The predicted molar refractivity (Wildman–Crippen MR) is 84.0 cm³/mol. The summed E-state index contributed by atoms with van der Waals surface area (Å²) in [5.41, 5.74) is 1.88. The number of carbonyl (C=O) groups excluding carboxylic acids is 1. The Morgan fingerprint density at radius 3 is 2.63 bits per heavy atom. The summed E-state index contributed by atoms with van der Waals surface area (Å²) >= 11 is 3.51. The molecule has 0 aliphatic heterocycles. The minimum absolute atomic E-state index is 0.137. The van der Waals surface area contributed by atoms with Crippen LogP contribution in [0.25, 0.3) is 0 Å². The predicted octanol–water partition coefficient (Wildman–Crippen LogP) is 4.67. The summed E-state index contributed by atoms with van der Waals surface area (Å²) in [5, 5.41) is 0. The summed E-state index contributed by atoms with van der Waals surface area (Å²) < 4.78 is 1.03. The average Bonchev–Trinajstić information content (AvgIpc) is 2.38. The third-order valence-electron chi connectivity index (χ3n) is 4.28. The molecule has 0 radical (unpaired) electrons. The fourth-order valence-electron chi connectivity index (χ4n) is 3.15. The van der Waals surface area contributed by atoms with Crippen LogP contribution in [-0.2, 0) is 0 Å². The van der Waals surface area contributed by atoms with Crippen LogP contribution in [0.2, 0.25) is 0 Å². The van der Waals surface area contributed by atoms with Gasteiger partial charge in [0.1, 0.15) is 0 Å². The van der Waals surface area contributed by atoms with Gasteiger partial charge in [0.2, 0.25) is 0 Å². The van der Waals surface area contributed by atoms with Gasteiger partial charge in [0.15, 0.2) is 5.78 Å². The van der Waals surface area contributed by atoms with Gasteiger partial charge in [-0.2, -0.15) is 0 Å². The van der Waals surface area contributed by atoms with Crippen molar-refractivity contribution in [2.45, 2.75) is 45.6 Å². The van der Waals surface area contributed by atoms with Crippen molar-refractivity contribution < 1.29 is 4.79 Å². The van der Waals surface area contributed by atoms with Crippen molar-refractivity contribution in [3.8, 4) is 0 Å². The van der Waals surface area contributed by atoms with Crippen molar-refractivity contribution in [3.63, 3.8) is 0 Å². The van der Waals surface area contributed by atoms with Crippen LogP contribution in [0.3, 0.4) is 0 Å². The van der Waals surface area contributed by atoms with Crippen molar-refractivity contribution >= 4 is 27.4 Å².